The summed E-state index contributed by atoms with van der Waals surface area (Å²) in [5, 5.41) is 38.1. The first-order chi connectivity index (χ1) is 11.5. The maximum atomic E-state index is 9.95. The average Bonchev–Trinajstić information content (AvgIpc) is 2.78. The number of nitrogens with zero attached hydrogens (tertiary/aromatic N) is 3. The number of rotatable bonds is 2. The van der Waals surface area contributed by atoms with Gasteiger partial charge < -0.3 is 9.47 Å². The Morgan fingerprint density at radius 2 is 1.75 bits per heavy atom. The Balaban J connectivity index is 2.34. The zero-order chi connectivity index (χ0) is 17.6. The summed E-state index contributed by atoms with van der Waals surface area (Å²) in [4.78, 5) is 0. The van der Waals surface area contributed by atoms with Gasteiger partial charge in [-0.25, -0.2) is 0 Å². The molecule has 1 aromatic rings. The van der Waals surface area contributed by atoms with Crippen LogP contribution in [0.5, 0.6) is 0 Å². The smallest absolute Gasteiger partial charge is 0.217 e. The third-order valence-corrected chi connectivity index (χ3v) is 5.40. The highest BCUT2D eigenvalue weighted by Gasteiger charge is 2.78. The molecular formula is C18H16N4O2. The molecule has 6 nitrogen and oxygen atoms in total. The molecule has 24 heavy (non-hydrogen) atoms. The summed E-state index contributed by atoms with van der Waals surface area (Å²) in [5.74, 6) is -2.17. The Hall–Kier alpha value is -2.88. The maximum absolute atomic E-state index is 9.95. The Kier molecular flexibility index (Phi) is 3.37. The first kappa shape index (κ1) is 16.0. The lowest BCUT2D eigenvalue weighted by molar-refractivity contribution is -0.280. The molecule has 2 fully saturated rings. The van der Waals surface area contributed by atoms with Gasteiger partial charge >= 0.3 is 0 Å². The van der Waals surface area contributed by atoms with E-state index in [1.54, 1.807) is 31.2 Å². The van der Waals surface area contributed by atoms with E-state index in [0.717, 1.165) is 0 Å². The molecule has 0 radical (unpaired) electrons. The zero-order valence-electron chi connectivity index (χ0n) is 13.4. The molecule has 1 aromatic carbocycles. The van der Waals surface area contributed by atoms with E-state index in [0.29, 0.717) is 12.0 Å². The van der Waals surface area contributed by atoms with Crippen molar-refractivity contribution in [1.82, 2.24) is 0 Å². The lowest BCUT2D eigenvalue weighted by atomic mass is 9.53. The minimum atomic E-state index is -1.87. The number of nitriles is 3. The van der Waals surface area contributed by atoms with Gasteiger partial charge in [0.05, 0.1) is 24.1 Å². The van der Waals surface area contributed by atoms with Crippen molar-refractivity contribution in [2.45, 2.75) is 32.2 Å². The highest BCUT2D eigenvalue weighted by atomic mass is 16.7. The monoisotopic (exact) mass is 320 g/mol. The van der Waals surface area contributed by atoms with Gasteiger partial charge in [-0.3, -0.25) is 5.41 Å². The quantitative estimate of drug-likeness (QED) is 0.899. The average molecular weight is 320 g/mol. The third kappa shape index (κ3) is 1.53. The maximum Gasteiger partial charge on any atom is 0.217 e. The van der Waals surface area contributed by atoms with Crippen LogP contribution in [0.4, 0.5) is 0 Å². The normalized spacial score (nSPS) is 36.0. The molecule has 2 saturated heterocycles. The molecule has 0 saturated carbocycles. The van der Waals surface area contributed by atoms with Gasteiger partial charge in [0, 0.05) is 6.42 Å². The number of hydrogen-bond donors (Lipinski definition) is 1. The molecule has 2 aliphatic heterocycles. The summed E-state index contributed by atoms with van der Waals surface area (Å²) in [6.07, 6.45) is -0.580. The van der Waals surface area contributed by atoms with Gasteiger partial charge in [0.2, 0.25) is 17.1 Å². The van der Waals surface area contributed by atoms with Crippen LogP contribution in [0.1, 0.15) is 31.9 Å². The number of hydrogen-bond acceptors (Lipinski definition) is 6. The van der Waals surface area contributed by atoms with Crippen LogP contribution < -0.4 is 0 Å². The zero-order valence-corrected chi connectivity index (χ0v) is 13.4. The number of fused-ring (bicyclic) bond motifs is 2. The first-order valence-corrected chi connectivity index (χ1v) is 7.72. The molecule has 1 N–H and O–H groups in total. The van der Waals surface area contributed by atoms with Crippen LogP contribution in [-0.4, -0.2) is 11.7 Å². The van der Waals surface area contributed by atoms with E-state index in [4.69, 9.17) is 14.9 Å². The first-order valence-electron chi connectivity index (χ1n) is 7.72. The van der Waals surface area contributed by atoms with Crippen LogP contribution in [-0.2, 0) is 9.47 Å². The van der Waals surface area contributed by atoms with Crippen molar-refractivity contribution in [3.05, 3.63) is 35.9 Å². The topological polar surface area (TPSA) is 114 Å². The van der Waals surface area contributed by atoms with Gasteiger partial charge in [-0.15, -0.1) is 0 Å². The SMILES string of the molecule is CC[C@@]12OC(=N)[C@@](C#N)([C@H]1C)C(C#N)(C#N)[C@@H](c1ccccc1)O2. The predicted molar refractivity (Wildman–Crippen MR) is 83.0 cm³/mol. The molecule has 0 aromatic heterocycles. The Morgan fingerprint density at radius 3 is 2.25 bits per heavy atom. The van der Waals surface area contributed by atoms with Crippen molar-refractivity contribution in [3.8, 4) is 18.2 Å². The summed E-state index contributed by atoms with van der Waals surface area (Å²) in [5.41, 5.74) is -2.93. The Bertz CT molecular complexity index is 802. The Labute approximate surface area is 140 Å². The van der Waals surface area contributed by atoms with Crippen molar-refractivity contribution in [2.24, 2.45) is 16.7 Å². The largest absolute Gasteiger partial charge is 0.447 e. The van der Waals surface area contributed by atoms with Crippen LogP contribution in [0, 0.1) is 56.2 Å². The van der Waals surface area contributed by atoms with Crippen molar-refractivity contribution < 1.29 is 9.47 Å². The van der Waals surface area contributed by atoms with Crippen molar-refractivity contribution in [3.63, 3.8) is 0 Å². The lowest BCUT2D eigenvalue weighted by Crippen LogP contribution is -2.58. The predicted octanol–water partition coefficient (Wildman–Crippen LogP) is 3.05. The highest BCUT2D eigenvalue weighted by Crippen LogP contribution is 2.66. The molecular weight excluding hydrogens is 304 g/mol. The Morgan fingerprint density at radius 1 is 1.12 bits per heavy atom. The van der Waals surface area contributed by atoms with Gasteiger partial charge in [0.25, 0.3) is 0 Å². The van der Waals surface area contributed by atoms with E-state index < -0.39 is 28.6 Å². The van der Waals surface area contributed by atoms with Crippen LogP contribution in [0.3, 0.4) is 0 Å². The lowest BCUT2D eigenvalue weighted by Gasteiger charge is -2.48. The number of ether oxygens (including phenoxy) is 2. The summed E-state index contributed by atoms with van der Waals surface area (Å²) < 4.78 is 11.8. The van der Waals surface area contributed by atoms with Crippen LogP contribution >= 0.6 is 0 Å². The van der Waals surface area contributed by atoms with E-state index in [2.05, 4.69) is 6.07 Å². The summed E-state index contributed by atoms with van der Waals surface area (Å²) >= 11 is 0. The minimum absolute atomic E-state index is 0.360. The molecule has 0 spiro atoms. The van der Waals surface area contributed by atoms with Crippen molar-refractivity contribution >= 4 is 5.90 Å². The fraction of sp³-hybridized carbons (Fsp3) is 0.444. The second kappa shape index (κ2) is 5.06. The molecule has 120 valence electrons. The summed E-state index contributed by atoms with van der Waals surface area (Å²) in [7, 11) is 0. The molecule has 4 atom stereocenters. The second-order valence-corrected chi connectivity index (χ2v) is 6.18. The van der Waals surface area contributed by atoms with E-state index in [9.17, 15) is 15.8 Å². The summed E-state index contributed by atoms with van der Waals surface area (Å²) in [6.45, 7) is 3.55. The van der Waals surface area contributed by atoms with Crippen LogP contribution in [0.25, 0.3) is 0 Å². The van der Waals surface area contributed by atoms with E-state index >= 15 is 0 Å². The second-order valence-electron chi connectivity index (χ2n) is 6.18. The molecule has 2 heterocycles. The van der Waals surface area contributed by atoms with Gasteiger partial charge in [0.1, 0.15) is 6.10 Å². The molecule has 0 amide bonds. The molecule has 2 aliphatic rings. The highest BCUT2D eigenvalue weighted by molar-refractivity contribution is 5.89. The number of nitrogens with one attached hydrogen (secondary N) is 1. The van der Waals surface area contributed by atoms with Crippen LogP contribution in [0.15, 0.2) is 30.3 Å². The molecule has 3 rings (SSSR count). The molecule has 6 heteroatoms. The standard InChI is InChI=1S/C18H16N4O2/c1-3-18-12(2)17(11-21,15(22)24-18)16(9-19,10-20)14(23-18)13-7-5-4-6-8-13/h4-8,12,14,22H,3H2,1-2H3/t12-,14-,17-,18-/m1/s1. The van der Waals surface area contributed by atoms with E-state index in [1.807, 2.05) is 25.1 Å². The summed E-state index contributed by atoms with van der Waals surface area (Å²) in [6, 6.07) is 15.0. The van der Waals surface area contributed by atoms with Crippen LogP contribution in [0.2, 0.25) is 0 Å². The fourth-order valence-electron chi connectivity index (χ4n) is 3.97. The van der Waals surface area contributed by atoms with Crippen molar-refractivity contribution in [2.75, 3.05) is 0 Å². The molecule has 0 aliphatic carbocycles. The van der Waals surface area contributed by atoms with E-state index in [1.165, 1.54) is 0 Å². The van der Waals surface area contributed by atoms with Gasteiger partial charge in [0.15, 0.2) is 5.41 Å². The van der Waals surface area contributed by atoms with Gasteiger partial charge in [-0.05, 0) is 5.56 Å². The van der Waals surface area contributed by atoms with Crippen molar-refractivity contribution in [1.29, 1.82) is 21.2 Å². The molecule has 0 unspecified atom stereocenters. The van der Waals surface area contributed by atoms with Gasteiger partial charge in [-0.2, -0.15) is 15.8 Å². The third-order valence-electron chi connectivity index (χ3n) is 5.40. The minimum Gasteiger partial charge on any atom is -0.447 e. The van der Waals surface area contributed by atoms with E-state index in [-0.39, 0.29) is 5.90 Å². The van der Waals surface area contributed by atoms with Gasteiger partial charge in [-0.1, -0.05) is 44.2 Å². The molecule has 2 bridgehead atoms. The number of benzene rings is 1. The fourth-order valence-corrected chi connectivity index (χ4v) is 3.97.